The van der Waals surface area contributed by atoms with Gasteiger partial charge in [0.25, 0.3) is 0 Å². The third kappa shape index (κ3) is 1.91. The molecule has 0 aliphatic carbocycles. The van der Waals surface area contributed by atoms with Crippen molar-refractivity contribution in [2.24, 2.45) is 0 Å². The molecule has 0 unspecified atom stereocenters. The first-order valence-electron chi connectivity index (χ1n) is 4.72. The molecule has 0 amide bonds. The highest BCUT2D eigenvalue weighted by Gasteiger charge is 2.06. The highest BCUT2D eigenvalue weighted by molar-refractivity contribution is 5.91. The van der Waals surface area contributed by atoms with Crippen LogP contribution in [0.5, 0.6) is 5.75 Å². The maximum Gasteiger partial charge on any atom is 0.335 e. The number of carbonyl (C=O) groups is 1. The Labute approximate surface area is 87.4 Å². The molecule has 2 rings (SSSR count). The van der Waals surface area contributed by atoms with Crippen molar-refractivity contribution >= 4 is 16.9 Å². The molecule has 3 nitrogen and oxygen atoms in total. The summed E-state index contributed by atoms with van der Waals surface area (Å²) in [7, 11) is 0. The van der Waals surface area contributed by atoms with Gasteiger partial charge in [0.15, 0.2) is 5.75 Å². The fourth-order valence-electron chi connectivity index (χ4n) is 1.41. The minimum Gasteiger partial charge on any atom is -0.421 e. The number of fused-ring (bicyclic) bond motifs is 1. The van der Waals surface area contributed by atoms with Crippen LogP contribution in [0.3, 0.4) is 0 Å². The average molecular weight is 201 g/mol. The maximum atomic E-state index is 11.2. The molecule has 1 N–H and O–H groups in total. The predicted octanol–water partition coefficient (Wildman–Crippen LogP) is 2.65. The van der Waals surface area contributed by atoms with Crippen LogP contribution in [0.4, 0.5) is 0 Å². The number of hydrogen-bond donors (Lipinski definition) is 1. The lowest BCUT2D eigenvalue weighted by Crippen LogP contribution is -2.02. The van der Waals surface area contributed by atoms with Crippen LogP contribution in [0, 0.1) is 0 Å². The third-order valence-corrected chi connectivity index (χ3v) is 2.06. The van der Waals surface area contributed by atoms with Gasteiger partial charge in [-0.25, -0.2) is 4.79 Å². The van der Waals surface area contributed by atoms with Gasteiger partial charge < -0.3 is 9.72 Å². The summed E-state index contributed by atoms with van der Waals surface area (Å²) in [5.74, 6) is 0.205. The summed E-state index contributed by atoms with van der Waals surface area (Å²) >= 11 is 0. The van der Waals surface area contributed by atoms with Crippen LogP contribution in [0.15, 0.2) is 42.6 Å². The molecule has 76 valence electrons. The second-order valence-corrected chi connectivity index (χ2v) is 3.12. The SMILES string of the molecule is CC=CC(=O)Oc1c[nH]c2ccccc12. The summed E-state index contributed by atoms with van der Waals surface area (Å²) in [6.45, 7) is 1.77. The Balaban J connectivity index is 2.32. The number of benzene rings is 1. The molecule has 0 bridgehead atoms. The molecule has 15 heavy (non-hydrogen) atoms. The molecule has 0 radical (unpaired) electrons. The highest BCUT2D eigenvalue weighted by Crippen LogP contribution is 2.24. The molecule has 0 saturated heterocycles. The summed E-state index contributed by atoms with van der Waals surface area (Å²) < 4.78 is 5.15. The Bertz CT molecular complexity index is 511. The summed E-state index contributed by atoms with van der Waals surface area (Å²) in [5.41, 5.74) is 0.959. The van der Waals surface area contributed by atoms with E-state index < -0.39 is 0 Å². The van der Waals surface area contributed by atoms with Gasteiger partial charge in [-0.05, 0) is 19.1 Å². The Morgan fingerprint density at radius 3 is 3.00 bits per heavy atom. The second kappa shape index (κ2) is 4.00. The van der Waals surface area contributed by atoms with Crippen molar-refractivity contribution in [3.63, 3.8) is 0 Å². The largest absolute Gasteiger partial charge is 0.421 e. The molecule has 0 spiro atoms. The van der Waals surface area contributed by atoms with Crippen LogP contribution in [-0.4, -0.2) is 11.0 Å². The van der Waals surface area contributed by atoms with Crippen molar-refractivity contribution in [1.82, 2.24) is 4.98 Å². The third-order valence-electron chi connectivity index (χ3n) is 2.06. The quantitative estimate of drug-likeness (QED) is 0.599. The maximum absolute atomic E-state index is 11.2. The number of rotatable bonds is 2. The van der Waals surface area contributed by atoms with Crippen LogP contribution < -0.4 is 4.74 Å². The second-order valence-electron chi connectivity index (χ2n) is 3.12. The molecule has 0 aliphatic rings. The van der Waals surface area contributed by atoms with Crippen molar-refractivity contribution in [2.45, 2.75) is 6.92 Å². The van der Waals surface area contributed by atoms with Crippen LogP contribution in [0.2, 0.25) is 0 Å². The van der Waals surface area contributed by atoms with Gasteiger partial charge >= 0.3 is 5.97 Å². The molecule has 1 aromatic carbocycles. The van der Waals surface area contributed by atoms with Crippen LogP contribution in [-0.2, 0) is 4.79 Å². The van der Waals surface area contributed by atoms with Gasteiger partial charge in [0, 0.05) is 23.2 Å². The molecular weight excluding hydrogens is 190 g/mol. The van der Waals surface area contributed by atoms with E-state index in [1.807, 2.05) is 24.3 Å². The number of carbonyl (C=O) groups excluding carboxylic acids is 1. The van der Waals surface area contributed by atoms with E-state index in [-0.39, 0.29) is 5.97 Å². The number of aromatic amines is 1. The molecule has 0 fully saturated rings. The first kappa shape index (κ1) is 9.52. The summed E-state index contributed by atoms with van der Waals surface area (Å²) in [6, 6.07) is 7.67. The summed E-state index contributed by atoms with van der Waals surface area (Å²) in [5, 5.41) is 0.912. The first-order valence-corrected chi connectivity index (χ1v) is 4.72. The van der Waals surface area contributed by atoms with Gasteiger partial charge in [0.1, 0.15) is 0 Å². The lowest BCUT2D eigenvalue weighted by Gasteiger charge is -1.97. The Morgan fingerprint density at radius 1 is 1.40 bits per heavy atom. The molecular formula is C12H11NO2. The Kier molecular flexibility index (Phi) is 2.54. The number of para-hydroxylation sites is 1. The van der Waals surface area contributed by atoms with E-state index in [0.717, 1.165) is 10.9 Å². The van der Waals surface area contributed by atoms with Gasteiger partial charge in [0.2, 0.25) is 0 Å². The number of allylic oxidation sites excluding steroid dienone is 1. The Hall–Kier alpha value is -2.03. The Morgan fingerprint density at radius 2 is 2.20 bits per heavy atom. The van der Waals surface area contributed by atoms with E-state index in [9.17, 15) is 4.79 Å². The number of nitrogens with one attached hydrogen (secondary N) is 1. The molecule has 0 atom stereocenters. The molecule has 2 aromatic rings. The molecule has 0 aliphatic heterocycles. The lowest BCUT2D eigenvalue weighted by molar-refractivity contribution is -0.128. The zero-order valence-corrected chi connectivity index (χ0v) is 8.36. The monoisotopic (exact) mass is 201 g/mol. The van der Waals surface area contributed by atoms with Gasteiger partial charge in [-0.1, -0.05) is 18.2 Å². The first-order chi connectivity index (χ1) is 7.31. The van der Waals surface area contributed by atoms with Gasteiger partial charge in [-0.2, -0.15) is 0 Å². The van der Waals surface area contributed by atoms with Crippen LogP contribution in [0.1, 0.15) is 6.92 Å². The van der Waals surface area contributed by atoms with Crippen molar-refractivity contribution in [3.05, 3.63) is 42.6 Å². The van der Waals surface area contributed by atoms with Crippen molar-refractivity contribution in [2.75, 3.05) is 0 Å². The topological polar surface area (TPSA) is 42.1 Å². The zero-order chi connectivity index (χ0) is 10.7. The number of esters is 1. The van der Waals surface area contributed by atoms with E-state index in [4.69, 9.17) is 4.74 Å². The van der Waals surface area contributed by atoms with Crippen molar-refractivity contribution < 1.29 is 9.53 Å². The van der Waals surface area contributed by atoms with Gasteiger partial charge in [-0.3, -0.25) is 0 Å². The minimum atomic E-state index is -0.359. The van der Waals surface area contributed by atoms with E-state index in [1.165, 1.54) is 6.08 Å². The number of ether oxygens (including phenoxy) is 1. The number of H-pyrrole nitrogens is 1. The van der Waals surface area contributed by atoms with E-state index in [0.29, 0.717) is 5.75 Å². The van der Waals surface area contributed by atoms with E-state index in [2.05, 4.69) is 4.98 Å². The van der Waals surface area contributed by atoms with Crippen LogP contribution >= 0.6 is 0 Å². The number of aromatic nitrogens is 1. The minimum absolute atomic E-state index is 0.359. The fraction of sp³-hybridized carbons (Fsp3) is 0.0833. The lowest BCUT2D eigenvalue weighted by atomic mass is 10.2. The smallest absolute Gasteiger partial charge is 0.335 e. The van der Waals surface area contributed by atoms with Crippen molar-refractivity contribution in [3.8, 4) is 5.75 Å². The summed E-state index contributed by atoms with van der Waals surface area (Å²) in [4.78, 5) is 14.3. The molecule has 3 heteroatoms. The van der Waals surface area contributed by atoms with E-state index >= 15 is 0 Å². The predicted molar refractivity (Wildman–Crippen MR) is 58.7 cm³/mol. The number of hydrogen-bond acceptors (Lipinski definition) is 2. The zero-order valence-electron chi connectivity index (χ0n) is 8.36. The van der Waals surface area contributed by atoms with Crippen molar-refractivity contribution in [1.29, 1.82) is 0 Å². The fourth-order valence-corrected chi connectivity index (χ4v) is 1.41. The van der Waals surface area contributed by atoms with Gasteiger partial charge in [0.05, 0.1) is 0 Å². The standard InChI is InChI=1S/C12H11NO2/c1-2-5-12(14)15-11-8-13-10-7-4-3-6-9(10)11/h2-8,13H,1H3. The highest BCUT2D eigenvalue weighted by atomic mass is 16.5. The molecule has 1 aromatic heterocycles. The molecule has 0 saturated carbocycles. The normalized spacial score (nSPS) is 11.0. The summed E-state index contributed by atoms with van der Waals surface area (Å²) in [6.07, 6.45) is 4.73. The van der Waals surface area contributed by atoms with Crippen LogP contribution in [0.25, 0.3) is 10.9 Å². The molecule has 1 heterocycles. The van der Waals surface area contributed by atoms with E-state index in [1.54, 1.807) is 19.2 Å². The van der Waals surface area contributed by atoms with Gasteiger partial charge in [-0.15, -0.1) is 0 Å². The average Bonchev–Trinajstić information content (AvgIpc) is 2.62.